The van der Waals surface area contributed by atoms with E-state index in [9.17, 15) is 0 Å². The summed E-state index contributed by atoms with van der Waals surface area (Å²) < 4.78 is 0. The summed E-state index contributed by atoms with van der Waals surface area (Å²) in [7, 11) is 0. The molecule has 0 aliphatic heterocycles. The van der Waals surface area contributed by atoms with Gasteiger partial charge < -0.3 is 5.32 Å². The average molecular weight is 225 g/mol. The van der Waals surface area contributed by atoms with Crippen LogP contribution in [0.3, 0.4) is 0 Å². The fraction of sp³-hybridized carbons (Fsp3) is 1.00. The highest BCUT2D eigenvalue weighted by molar-refractivity contribution is 4.80. The summed E-state index contributed by atoms with van der Waals surface area (Å²) in [6.07, 6.45) is 6.91. The van der Waals surface area contributed by atoms with Crippen molar-refractivity contribution in [2.24, 2.45) is 17.3 Å². The van der Waals surface area contributed by atoms with E-state index in [2.05, 4.69) is 39.9 Å². The molecule has 0 heterocycles. The van der Waals surface area contributed by atoms with E-state index in [1.165, 1.54) is 38.6 Å². The lowest BCUT2D eigenvalue weighted by molar-refractivity contribution is 0.219. The van der Waals surface area contributed by atoms with E-state index < -0.39 is 0 Å². The number of nitrogens with one attached hydrogen (secondary N) is 1. The maximum Gasteiger partial charge on any atom is 0.00674 e. The van der Waals surface area contributed by atoms with Gasteiger partial charge in [-0.2, -0.15) is 0 Å². The molecule has 0 saturated heterocycles. The van der Waals surface area contributed by atoms with Crippen molar-refractivity contribution in [3.8, 4) is 0 Å². The number of hydrogen-bond donors (Lipinski definition) is 1. The molecule has 0 unspecified atom stereocenters. The molecule has 1 aliphatic carbocycles. The quantitative estimate of drug-likeness (QED) is 0.738. The van der Waals surface area contributed by atoms with Crippen LogP contribution in [0, 0.1) is 17.3 Å². The van der Waals surface area contributed by atoms with Gasteiger partial charge in [-0.3, -0.25) is 0 Å². The van der Waals surface area contributed by atoms with Crippen molar-refractivity contribution in [2.45, 2.75) is 72.8 Å². The molecule has 0 spiro atoms. The topological polar surface area (TPSA) is 12.0 Å². The first-order valence-corrected chi connectivity index (χ1v) is 7.18. The fourth-order valence-corrected chi connectivity index (χ4v) is 2.54. The third-order valence-corrected chi connectivity index (χ3v) is 4.54. The minimum atomic E-state index is 0.467. The van der Waals surface area contributed by atoms with Crippen molar-refractivity contribution < 1.29 is 0 Å². The Labute approximate surface area is 102 Å². The van der Waals surface area contributed by atoms with Gasteiger partial charge in [0.1, 0.15) is 0 Å². The Kier molecular flexibility index (Phi) is 5.30. The Balaban J connectivity index is 2.22. The predicted octanol–water partition coefficient (Wildman–Crippen LogP) is 4.23. The average Bonchev–Trinajstić information content (AvgIpc) is 2.27. The summed E-state index contributed by atoms with van der Waals surface area (Å²) in [5, 5.41) is 3.77. The van der Waals surface area contributed by atoms with Crippen LogP contribution in [0.1, 0.15) is 66.7 Å². The molecule has 0 radical (unpaired) electrons. The Morgan fingerprint density at radius 1 is 1.12 bits per heavy atom. The van der Waals surface area contributed by atoms with Crippen LogP contribution in [0.4, 0.5) is 0 Å². The monoisotopic (exact) mass is 225 g/mol. The molecule has 1 rings (SSSR count). The molecule has 1 heteroatoms. The second-order valence-electron chi connectivity index (χ2n) is 6.75. The first-order chi connectivity index (χ1) is 7.44. The summed E-state index contributed by atoms with van der Waals surface area (Å²) in [5.41, 5.74) is 0.467. The lowest BCUT2D eigenvalue weighted by atomic mass is 9.79. The van der Waals surface area contributed by atoms with E-state index in [0.29, 0.717) is 5.41 Å². The summed E-state index contributed by atoms with van der Waals surface area (Å²) in [4.78, 5) is 0. The van der Waals surface area contributed by atoms with E-state index in [0.717, 1.165) is 17.9 Å². The van der Waals surface area contributed by atoms with Crippen LogP contribution in [-0.2, 0) is 0 Å². The first-order valence-electron chi connectivity index (χ1n) is 7.18. The predicted molar refractivity (Wildman–Crippen MR) is 72.7 cm³/mol. The molecule has 96 valence electrons. The molecule has 16 heavy (non-hydrogen) atoms. The third-order valence-electron chi connectivity index (χ3n) is 4.54. The van der Waals surface area contributed by atoms with Crippen LogP contribution in [0.5, 0.6) is 0 Å². The zero-order valence-electron chi connectivity index (χ0n) is 12.0. The van der Waals surface area contributed by atoms with Crippen LogP contribution in [-0.4, -0.2) is 12.6 Å². The van der Waals surface area contributed by atoms with Crippen LogP contribution >= 0.6 is 0 Å². The maximum absolute atomic E-state index is 3.77. The van der Waals surface area contributed by atoms with E-state index in [4.69, 9.17) is 0 Å². The number of rotatable bonds is 5. The van der Waals surface area contributed by atoms with Crippen molar-refractivity contribution in [1.29, 1.82) is 0 Å². The van der Waals surface area contributed by atoms with Crippen LogP contribution in [0.2, 0.25) is 0 Å². The van der Waals surface area contributed by atoms with Gasteiger partial charge in [0.25, 0.3) is 0 Å². The van der Waals surface area contributed by atoms with Crippen molar-refractivity contribution in [3.05, 3.63) is 0 Å². The lowest BCUT2D eigenvalue weighted by Crippen LogP contribution is -2.39. The second kappa shape index (κ2) is 6.05. The summed E-state index contributed by atoms with van der Waals surface area (Å²) in [6.45, 7) is 12.9. The van der Waals surface area contributed by atoms with E-state index in [-0.39, 0.29) is 0 Å². The summed E-state index contributed by atoms with van der Waals surface area (Å²) in [6, 6.07) is 0.792. The largest absolute Gasteiger partial charge is 0.313 e. The smallest absolute Gasteiger partial charge is 0.00674 e. The van der Waals surface area contributed by atoms with Gasteiger partial charge in [0.2, 0.25) is 0 Å². The highest BCUT2D eigenvalue weighted by Crippen LogP contribution is 2.30. The molecule has 0 aromatic carbocycles. The molecule has 0 atom stereocenters. The van der Waals surface area contributed by atoms with Gasteiger partial charge in [-0.05, 0) is 49.4 Å². The van der Waals surface area contributed by atoms with Gasteiger partial charge in [-0.15, -0.1) is 0 Å². The lowest BCUT2D eigenvalue weighted by Gasteiger charge is -2.33. The molecule has 1 fully saturated rings. The Morgan fingerprint density at radius 2 is 1.69 bits per heavy atom. The Morgan fingerprint density at radius 3 is 2.12 bits per heavy atom. The SMILES string of the molecule is CCC(C)(C)CNC1CCC(C(C)C)CC1. The molecule has 0 bridgehead atoms. The molecular formula is C15H31N. The summed E-state index contributed by atoms with van der Waals surface area (Å²) >= 11 is 0. The van der Waals surface area contributed by atoms with Gasteiger partial charge in [0, 0.05) is 12.6 Å². The first kappa shape index (κ1) is 14.0. The Hall–Kier alpha value is -0.0400. The molecular weight excluding hydrogens is 194 g/mol. The van der Waals surface area contributed by atoms with Gasteiger partial charge in [-0.1, -0.05) is 34.6 Å². The van der Waals surface area contributed by atoms with E-state index >= 15 is 0 Å². The van der Waals surface area contributed by atoms with Gasteiger partial charge in [0.05, 0.1) is 0 Å². The van der Waals surface area contributed by atoms with Crippen molar-refractivity contribution >= 4 is 0 Å². The highest BCUT2D eigenvalue weighted by atomic mass is 14.9. The minimum Gasteiger partial charge on any atom is -0.313 e. The molecule has 0 aromatic rings. The molecule has 0 aromatic heterocycles. The van der Waals surface area contributed by atoms with E-state index in [1.54, 1.807) is 0 Å². The van der Waals surface area contributed by atoms with Gasteiger partial charge in [-0.25, -0.2) is 0 Å². The second-order valence-corrected chi connectivity index (χ2v) is 6.75. The molecule has 1 saturated carbocycles. The zero-order valence-corrected chi connectivity index (χ0v) is 12.0. The minimum absolute atomic E-state index is 0.467. The normalized spacial score (nSPS) is 27.4. The molecule has 1 aliphatic rings. The molecule has 1 nitrogen and oxygen atoms in total. The van der Waals surface area contributed by atoms with Gasteiger partial charge in [0.15, 0.2) is 0 Å². The van der Waals surface area contributed by atoms with Crippen molar-refractivity contribution in [3.63, 3.8) is 0 Å². The van der Waals surface area contributed by atoms with Crippen LogP contribution in [0.25, 0.3) is 0 Å². The fourth-order valence-electron chi connectivity index (χ4n) is 2.54. The standard InChI is InChI=1S/C15H31N/c1-6-15(4,5)11-16-14-9-7-13(8-10-14)12(2)3/h12-14,16H,6-11H2,1-5H3. The highest BCUT2D eigenvalue weighted by Gasteiger charge is 2.24. The summed E-state index contributed by atoms with van der Waals surface area (Å²) in [5.74, 6) is 1.87. The van der Waals surface area contributed by atoms with Crippen LogP contribution in [0.15, 0.2) is 0 Å². The van der Waals surface area contributed by atoms with Crippen molar-refractivity contribution in [1.82, 2.24) is 5.32 Å². The van der Waals surface area contributed by atoms with Crippen LogP contribution < -0.4 is 5.32 Å². The zero-order chi connectivity index (χ0) is 12.2. The maximum atomic E-state index is 3.77. The molecule has 0 amide bonds. The number of hydrogen-bond acceptors (Lipinski definition) is 1. The Bertz CT molecular complexity index is 188. The van der Waals surface area contributed by atoms with Gasteiger partial charge >= 0.3 is 0 Å². The molecule has 1 N–H and O–H groups in total. The van der Waals surface area contributed by atoms with E-state index in [1.807, 2.05) is 0 Å². The third kappa shape index (κ3) is 4.45. The van der Waals surface area contributed by atoms with Crippen molar-refractivity contribution in [2.75, 3.05) is 6.54 Å².